The number of rotatable bonds is 4. The fourth-order valence-corrected chi connectivity index (χ4v) is 1.39. The highest BCUT2D eigenvalue weighted by atomic mass is 16.5. The highest BCUT2D eigenvalue weighted by Crippen LogP contribution is 2.08. The number of hydrogen-bond acceptors (Lipinski definition) is 5. The van der Waals surface area contributed by atoms with E-state index >= 15 is 0 Å². The zero-order valence-electron chi connectivity index (χ0n) is 10.3. The van der Waals surface area contributed by atoms with Gasteiger partial charge in [-0.25, -0.2) is 4.98 Å². The van der Waals surface area contributed by atoms with Gasteiger partial charge in [0.2, 0.25) is 0 Å². The predicted molar refractivity (Wildman–Crippen MR) is 66.1 cm³/mol. The van der Waals surface area contributed by atoms with Crippen molar-refractivity contribution in [1.29, 1.82) is 0 Å². The van der Waals surface area contributed by atoms with Crippen LogP contribution in [0.2, 0.25) is 0 Å². The number of nitrogens with zero attached hydrogens (tertiary/aromatic N) is 3. The van der Waals surface area contributed by atoms with Gasteiger partial charge in [0.25, 0.3) is 5.91 Å². The van der Waals surface area contributed by atoms with Gasteiger partial charge in [0.05, 0.1) is 12.1 Å². The average molecular weight is 246 g/mol. The number of nitrogens with one attached hydrogen (secondary N) is 1. The molecule has 2 aromatic rings. The van der Waals surface area contributed by atoms with E-state index in [-0.39, 0.29) is 5.91 Å². The lowest BCUT2D eigenvalue weighted by atomic mass is 10.2. The van der Waals surface area contributed by atoms with Gasteiger partial charge in [0, 0.05) is 26.4 Å². The van der Waals surface area contributed by atoms with Crippen molar-refractivity contribution < 1.29 is 9.32 Å². The summed E-state index contributed by atoms with van der Waals surface area (Å²) in [5.41, 5.74) is 1.36. The molecule has 0 aromatic carbocycles. The van der Waals surface area contributed by atoms with E-state index in [2.05, 4.69) is 15.5 Å². The summed E-state index contributed by atoms with van der Waals surface area (Å²) in [5, 5.41) is 6.86. The number of carbonyl (C=O) groups is 1. The van der Waals surface area contributed by atoms with Gasteiger partial charge < -0.3 is 14.7 Å². The summed E-state index contributed by atoms with van der Waals surface area (Å²) in [6, 6.07) is 5.27. The second-order valence-electron chi connectivity index (χ2n) is 3.98. The summed E-state index contributed by atoms with van der Waals surface area (Å²) in [6.07, 6.45) is 3.07. The molecule has 1 N–H and O–H groups in total. The van der Waals surface area contributed by atoms with Crippen LogP contribution < -0.4 is 5.32 Å². The minimum absolute atomic E-state index is 0.0643. The SMILES string of the molecule is CN(C)C(=O)c1ccc(NCc2ccon2)nc1. The Morgan fingerprint density at radius 3 is 2.78 bits per heavy atom. The van der Waals surface area contributed by atoms with Crippen LogP contribution in [0, 0.1) is 0 Å². The first-order valence-corrected chi connectivity index (χ1v) is 5.47. The fourth-order valence-electron chi connectivity index (χ4n) is 1.39. The van der Waals surface area contributed by atoms with Crippen LogP contribution in [0.5, 0.6) is 0 Å². The van der Waals surface area contributed by atoms with Crippen LogP contribution in [0.3, 0.4) is 0 Å². The average Bonchev–Trinajstić information content (AvgIpc) is 2.89. The minimum atomic E-state index is -0.0643. The Balaban J connectivity index is 1.97. The van der Waals surface area contributed by atoms with Crippen molar-refractivity contribution in [2.75, 3.05) is 19.4 Å². The fraction of sp³-hybridized carbons (Fsp3) is 0.250. The molecular formula is C12H14N4O2. The third-order valence-electron chi connectivity index (χ3n) is 2.36. The monoisotopic (exact) mass is 246 g/mol. The highest BCUT2D eigenvalue weighted by molar-refractivity contribution is 5.93. The summed E-state index contributed by atoms with van der Waals surface area (Å²) in [5.74, 6) is 0.624. The van der Waals surface area contributed by atoms with Crippen LogP contribution in [0.25, 0.3) is 0 Å². The Morgan fingerprint density at radius 1 is 1.39 bits per heavy atom. The molecule has 0 saturated carbocycles. The molecular weight excluding hydrogens is 232 g/mol. The standard InChI is InChI=1S/C12H14N4O2/c1-16(2)12(17)9-3-4-11(13-7-9)14-8-10-5-6-18-15-10/h3-7H,8H2,1-2H3,(H,13,14). The molecule has 2 heterocycles. The Hall–Kier alpha value is -2.37. The molecule has 0 fully saturated rings. The lowest BCUT2D eigenvalue weighted by Gasteiger charge is -2.10. The van der Waals surface area contributed by atoms with Crippen molar-refractivity contribution in [3.8, 4) is 0 Å². The van der Waals surface area contributed by atoms with Crippen molar-refractivity contribution in [2.24, 2.45) is 0 Å². The smallest absolute Gasteiger partial charge is 0.254 e. The van der Waals surface area contributed by atoms with Crippen LogP contribution >= 0.6 is 0 Å². The van der Waals surface area contributed by atoms with Crippen molar-refractivity contribution in [3.63, 3.8) is 0 Å². The number of anilines is 1. The molecule has 94 valence electrons. The van der Waals surface area contributed by atoms with Gasteiger partial charge in [-0.05, 0) is 12.1 Å². The van der Waals surface area contributed by atoms with Crippen molar-refractivity contribution in [1.82, 2.24) is 15.0 Å². The first-order chi connectivity index (χ1) is 8.66. The minimum Gasteiger partial charge on any atom is -0.364 e. The van der Waals surface area contributed by atoms with E-state index in [9.17, 15) is 4.79 Å². The Morgan fingerprint density at radius 2 is 2.22 bits per heavy atom. The molecule has 0 bridgehead atoms. The molecule has 6 nitrogen and oxygen atoms in total. The second-order valence-corrected chi connectivity index (χ2v) is 3.98. The maximum atomic E-state index is 11.6. The Labute approximate surface area is 105 Å². The Bertz CT molecular complexity index is 505. The van der Waals surface area contributed by atoms with Crippen molar-refractivity contribution >= 4 is 11.7 Å². The zero-order valence-corrected chi connectivity index (χ0v) is 10.3. The molecule has 0 radical (unpaired) electrons. The quantitative estimate of drug-likeness (QED) is 0.882. The van der Waals surface area contributed by atoms with E-state index in [1.807, 2.05) is 0 Å². The molecule has 0 saturated heterocycles. The lowest BCUT2D eigenvalue weighted by Crippen LogP contribution is -2.21. The third kappa shape index (κ3) is 2.85. The van der Waals surface area contributed by atoms with E-state index < -0.39 is 0 Å². The molecule has 18 heavy (non-hydrogen) atoms. The summed E-state index contributed by atoms with van der Waals surface area (Å²) < 4.78 is 4.72. The van der Waals surface area contributed by atoms with Gasteiger partial charge in [0.15, 0.2) is 0 Å². The zero-order chi connectivity index (χ0) is 13.0. The van der Waals surface area contributed by atoms with Crippen LogP contribution in [0.1, 0.15) is 16.1 Å². The van der Waals surface area contributed by atoms with E-state index in [1.54, 1.807) is 38.5 Å². The molecule has 0 unspecified atom stereocenters. The molecule has 2 aromatic heterocycles. The topological polar surface area (TPSA) is 71.3 Å². The van der Waals surface area contributed by atoms with Crippen molar-refractivity contribution in [3.05, 3.63) is 41.9 Å². The third-order valence-corrected chi connectivity index (χ3v) is 2.36. The van der Waals surface area contributed by atoms with Crippen LogP contribution in [0.4, 0.5) is 5.82 Å². The second kappa shape index (κ2) is 5.31. The largest absolute Gasteiger partial charge is 0.364 e. The van der Waals surface area contributed by atoms with E-state index in [0.717, 1.165) is 5.69 Å². The van der Waals surface area contributed by atoms with E-state index in [0.29, 0.717) is 17.9 Å². The predicted octanol–water partition coefficient (Wildman–Crippen LogP) is 1.38. The maximum Gasteiger partial charge on any atom is 0.254 e. The Kier molecular flexibility index (Phi) is 3.57. The molecule has 0 aliphatic rings. The number of hydrogen-bond donors (Lipinski definition) is 1. The molecule has 0 spiro atoms. The highest BCUT2D eigenvalue weighted by Gasteiger charge is 2.07. The molecule has 0 atom stereocenters. The maximum absolute atomic E-state index is 11.6. The van der Waals surface area contributed by atoms with Gasteiger partial charge in [0.1, 0.15) is 17.8 Å². The molecule has 0 aliphatic carbocycles. The molecule has 2 rings (SSSR count). The van der Waals surface area contributed by atoms with Gasteiger partial charge >= 0.3 is 0 Å². The number of carbonyl (C=O) groups excluding carboxylic acids is 1. The summed E-state index contributed by atoms with van der Waals surface area (Å²) in [4.78, 5) is 17.3. The first-order valence-electron chi connectivity index (χ1n) is 5.47. The first kappa shape index (κ1) is 12.1. The van der Waals surface area contributed by atoms with Gasteiger partial charge in [-0.1, -0.05) is 5.16 Å². The summed E-state index contributed by atoms with van der Waals surface area (Å²) in [7, 11) is 3.41. The summed E-state index contributed by atoms with van der Waals surface area (Å²) >= 11 is 0. The van der Waals surface area contributed by atoms with Crippen LogP contribution in [0.15, 0.2) is 35.2 Å². The van der Waals surface area contributed by atoms with Gasteiger partial charge in [-0.3, -0.25) is 4.79 Å². The molecule has 0 aliphatic heterocycles. The number of amides is 1. The molecule has 1 amide bonds. The summed E-state index contributed by atoms with van der Waals surface area (Å²) in [6.45, 7) is 0.532. The van der Waals surface area contributed by atoms with Crippen molar-refractivity contribution in [2.45, 2.75) is 6.54 Å². The number of pyridine rings is 1. The van der Waals surface area contributed by atoms with E-state index in [1.165, 1.54) is 11.2 Å². The van der Waals surface area contributed by atoms with Crippen LogP contribution in [-0.4, -0.2) is 35.0 Å². The number of aromatic nitrogens is 2. The van der Waals surface area contributed by atoms with E-state index in [4.69, 9.17) is 4.52 Å². The van der Waals surface area contributed by atoms with Gasteiger partial charge in [-0.15, -0.1) is 0 Å². The molecule has 6 heteroatoms. The van der Waals surface area contributed by atoms with Gasteiger partial charge in [-0.2, -0.15) is 0 Å². The lowest BCUT2D eigenvalue weighted by molar-refractivity contribution is 0.0827. The normalized spacial score (nSPS) is 10.1. The van der Waals surface area contributed by atoms with Crippen LogP contribution in [-0.2, 0) is 6.54 Å².